The predicted molar refractivity (Wildman–Crippen MR) is 32.0 cm³/mol. The third-order valence-electron chi connectivity index (χ3n) is 1.21. The molecule has 1 fully saturated rings. The fourth-order valence-corrected chi connectivity index (χ4v) is 1.86. The van der Waals surface area contributed by atoms with Gasteiger partial charge in [-0.25, -0.2) is 0 Å². The van der Waals surface area contributed by atoms with Gasteiger partial charge in [-0.3, -0.25) is 0 Å². The minimum absolute atomic E-state index is 0.222. The highest BCUT2D eigenvalue weighted by molar-refractivity contribution is 7.46. The van der Waals surface area contributed by atoms with Gasteiger partial charge in [0.2, 0.25) is 0 Å². The Labute approximate surface area is 54.0 Å². The monoisotopic (exact) mass is 152 g/mol. The summed E-state index contributed by atoms with van der Waals surface area (Å²) in [6.45, 7) is -0.222. The van der Waals surface area contributed by atoms with E-state index in [0.717, 1.165) is 0 Å². The van der Waals surface area contributed by atoms with E-state index in [1.165, 1.54) is 0 Å². The van der Waals surface area contributed by atoms with E-state index in [0.29, 0.717) is 0 Å². The van der Waals surface area contributed by atoms with E-state index in [9.17, 15) is 0 Å². The van der Waals surface area contributed by atoms with Gasteiger partial charge in [0.05, 0.1) is 12.7 Å². The summed E-state index contributed by atoms with van der Waals surface area (Å²) in [7, 11) is -1.46. The van der Waals surface area contributed by atoms with Crippen molar-refractivity contribution in [3.63, 3.8) is 0 Å². The first-order valence-corrected chi connectivity index (χ1v) is 4.06. The van der Waals surface area contributed by atoms with Crippen LogP contribution in [0.5, 0.6) is 0 Å². The van der Waals surface area contributed by atoms with E-state index >= 15 is 0 Å². The molecular weight excluding hydrogens is 143 g/mol. The Hall–Kier alpha value is 0.270. The molecule has 1 rings (SSSR count). The summed E-state index contributed by atoms with van der Waals surface area (Å²) in [5.41, 5.74) is 0. The Balaban J connectivity index is 2.38. The summed E-state index contributed by atoms with van der Waals surface area (Å²) in [4.78, 5) is 8.77. The molecule has 0 aromatic rings. The van der Waals surface area contributed by atoms with Crippen LogP contribution in [0.15, 0.2) is 0 Å². The molecule has 1 aliphatic heterocycles. The zero-order valence-corrected chi connectivity index (χ0v) is 5.66. The first-order chi connectivity index (χ1) is 4.24. The minimum Gasteiger partial charge on any atom is -0.394 e. The van der Waals surface area contributed by atoms with Crippen LogP contribution in [-0.2, 0) is 4.52 Å². The van der Waals surface area contributed by atoms with Crippen LogP contribution < -0.4 is 0 Å². The van der Waals surface area contributed by atoms with Crippen LogP contribution in [0.2, 0.25) is 0 Å². The van der Waals surface area contributed by atoms with Crippen LogP contribution in [0.4, 0.5) is 0 Å². The molecular formula is C4H9O4P. The van der Waals surface area contributed by atoms with Gasteiger partial charge in [0, 0.05) is 6.16 Å². The maximum absolute atomic E-state index is 8.93. The molecule has 0 radical (unpaired) electrons. The second-order valence-corrected chi connectivity index (χ2v) is 3.21. The Bertz CT molecular complexity index is 98.6. The molecule has 3 unspecified atom stereocenters. The molecule has 0 aromatic heterocycles. The zero-order valence-electron chi connectivity index (χ0n) is 4.77. The molecule has 54 valence electrons. The molecule has 3 atom stereocenters. The summed E-state index contributed by atoms with van der Waals surface area (Å²) < 4.78 is 4.74. The number of hydrogen-bond acceptors (Lipinski definition) is 4. The highest BCUT2D eigenvalue weighted by atomic mass is 31.2. The van der Waals surface area contributed by atoms with E-state index in [2.05, 4.69) is 0 Å². The van der Waals surface area contributed by atoms with Crippen molar-refractivity contribution in [3.8, 4) is 0 Å². The third-order valence-corrected chi connectivity index (χ3v) is 2.41. The standard InChI is InChI=1S/C4H9O4P/c5-1-4-3(6)2-9(7)8-4/h3-7H,1-2H2. The Morgan fingerprint density at radius 3 is 2.56 bits per heavy atom. The molecule has 1 aliphatic rings. The first-order valence-electron chi connectivity index (χ1n) is 2.66. The Kier molecular flexibility index (Phi) is 2.38. The Morgan fingerprint density at radius 2 is 2.33 bits per heavy atom. The molecule has 0 saturated carbocycles. The minimum atomic E-state index is -1.46. The van der Waals surface area contributed by atoms with Crippen LogP contribution in [0.1, 0.15) is 0 Å². The molecule has 0 bridgehead atoms. The average Bonchev–Trinajstić information content (AvgIpc) is 2.10. The van der Waals surface area contributed by atoms with Crippen molar-refractivity contribution in [1.82, 2.24) is 0 Å². The van der Waals surface area contributed by atoms with Gasteiger partial charge in [0.1, 0.15) is 6.10 Å². The second kappa shape index (κ2) is 2.90. The number of hydrogen-bond donors (Lipinski definition) is 3. The van der Waals surface area contributed by atoms with Crippen molar-refractivity contribution in [2.75, 3.05) is 12.8 Å². The van der Waals surface area contributed by atoms with E-state index in [-0.39, 0.29) is 12.8 Å². The Morgan fingerprint density at radius 1 is 1.67 bits per heavy atom. The van der Waals surface area contributed by atoms with Crippen molar-refractivity contribution in [2.45, 2.75) is 12.2 Å². The van der Waals surface area contributed by atoms with Gasteiger partial charge in [-0.1, -0.05) is 0 Å². The molecule has 4 nitrogen and oxygen atoms in total. The lowest BCUT2D eigenvalue weighted by molar-refractivity contribution is 0.0398. The fraction of sp³-hybridized carbons (Fsp3) is 1.00. The van der Waals surface area contributed by atoms with Gasteiger partial charge in [-0.15, -0.1) is 0 Å². The summed E-state index contributed by atoms with van der Waals surface area (Å²) in [5.74, 6) is 0. The lowest BCUT2D eigenvalue weighted by Gasteiger charge is -2.07. The van der Waals surface area contributed by atoms with Crippen molar-refractivity contribution in [3.05, 3.63) is 0 Å². The van der Waals surface area contributed by atoms with Gasteiger partial charge in [-0.05, 0) is 0 Å². The molecule has 0 aliphatic carbocycles. The summed E-state index contributed by atoms with van der Waals surface area (Å²) in [6, 6.07) is 0. The van der Waals surface area contributed by atoms with E-state index < -0.39 is 20.6 Å². The van der Waals surface area contributed by atoms with Crippen LogP contribution in [-0.4, -0.2) is 40.1 Å². The largest absolute Gasteiger partial charge is 0.394 e. The summed E-state index contributed by atoms with van der Waals surface area (Å²) >= 11 is 0. The highest BCUT2D eigenvalue weighted by Gasteiger charge is 2.32. The van der Waals surface area contributed by atoms with Gasteiger partial charge in [-0.2, -0.15) is 0 Å². The van der Waals surface area contributed by atoms with E-state index in [4.69, 9.17) is 19.6 Å². The van der Waals surface area contributed by atoms with Crippen molar-refractivity contribution in [1.29, 1.82) is 0 Å². The third kappa shape index (κ3) is 1.60. The molecule has 1 heterocycles. The number of aliphatic hydroxyl groups is 2. The zero-order chi connectivity index (χ0) is 6.85. The van der Waals surface area contributed by atoms with Crippen molar-refractivity contribution in [2.24, 2.45) is 0 Å². The maximum atomic E-state index is 8.93. The van der Waals surface area contributed by atoms with Crippen LogP contribution in [0.25, 0.3) is 0 Å². The number of rotatable bonds is 1. The first kappa shape index (κ1) is 7.38. The normalized spacial score (nSPS) is 43.7. The topological polar surface area (TPSA) is 69.9 Å². The van der Waals surface area contributed by atoms with E-state index in [1.54, 1.807) is 0 Å². The lowest BCUT2D eigenvalue weighted by Crippen LogP contribution is -2.26. The smallest absolute Gasteiger partial charge is 0.170 e. The van der Waals surface area contributed by atoms with Crippen molar-refractivity contribution >= 4 is 8.38 Å². The SMILES string of the molecule is OCC1OP(O)CC1O. The number of aliphatic hydroxyl groups excluding tert-OH is 2. The highest BCUT2D eigenvalue weighted by Crippen LogP contribution is 2.41. The van der Waals surface area contributed by atoms with Crippen LogP contribution >= 0.6 is 8.38 Å². The van der Waals surface area contributed by atoms with Gasteiger partial charge < -0.3 is 19.6 Å². The van der Waals surface area contributed by atoms with Gasteiger partial charge >= 0.3 is 0 Å². The lowest BCUT2D eigenvalue weighted by atomic mass is 10.2. The molecule has 9 heavy (non-hydrogen) atoms. The molecule has 0 spiro atoms. The molecule has 0 aromatic carbocycles. The predicted octanol–water partition coefficient (Wildman–Crippen LogP) is -0.957. The van der Waals surface area contributed by atoms with Gasteiger partial charge in [0.15, 0.2) is 8.38 Å². The van der Waals surface area contributed by atoms with Crippen molar-refractivity contribution < 1.29 is 19.6 Å². The maximum Gasteiger partial charge on any atom is 0.170 e. The quantitative estimate of drug-likeness (QED) is 0.423. The molecule has 3 N–H and O–H groups in total. The summed E-state index contributed by atoms with van der Waals surface area (Å²) in [6.07, 6.45) is -0.993. The second-order valence-electron chi connectivity index (χ2n) is 1.93. The molecule has 5 heteroatoms. The van der Waals surface area contributed by atoms with Gasteiger partial charge in [0.25, 0.3) is 0 Å². The summed E-state index contributed by atoms with van der Waals surface area (Å²) in [5, 5.41) is 17.4. The van der Waals surface area contributed by atoms with Crippen LogP contribution in [0, 0.1) is 0 Å². The average molecular weight is 152 g/mol. The fourth-order valence-electron chi connectivity index (χ4n) is 0.702. The van der Waals surface area contributed by atoms with Crippen LogP contribution in [0.3, 0.4) is 0 Å². The van der Waals surface area contributed by atoms with E-state index in [1.807, 2.05) is 0 Å². The molecule has 0 amide bonds. The molecule has 1 saturated heterocycles.